The lowest BCUT2D eigenvalue weighted by Gasteiger charge is -2.22. The summed E-state index contributed by atoms with van der Waals surface area (Å²) < 4.78 is 0. The Labute approximate surface area is 161 Å². The number of hydrogen-bond acceptors (Lipinski definition) is 4. The number of phenolic OH excluding ortho intramolecular Hbond substituents is 1. The molecule has 0 saturated heterocycles. The van der Waals surface area contributed by atoms with E-state index < -0.39 is 17.9 Å². The van der Waals surface area contributed by atoms with Crippen LogP contribution < -0.4 is 16.4 Å². The zero-order chi connectivity index (χ0) is 19.4. The van der Waals surface area contributed by atoms with Gasteiger partial charge in [-0.05, 0) is 42.3 Å². The number of nitrogen functional groups attached to an aromatic ring is 1. The molecule has 0 aromatic heterocycles. The molecule has 2 rings (SSSR count). The average molecular weight is 396 g/mol. The maximum Gasteiger partial charge on any atom is 0.255 e. The van der Waals surface area contributed by atoms with Gasteiger partial charge in [-0.15, -0.1) is 0 Å². The minimum absolute atomic E-state index is 0.0125. The maximum atomic E-state index is 12.6. The molecule has 26 heavy (non-hydrogen) atoms. The van der Waals surface area contributed by atoms with Crippen LogP contribution in [-0.2, 0) is 4.79 Å². The van der Waals surface area contributed by atoms with Gasteiger partial charge in [-0.1, -0.05) is 37.0 Å². The highest BCUT2D eigenvalue weighted by atomic mass is 35.5. The Bertz CT molecular complexity index is 840. The maximum absolute atomic E-state index is 12.6. The lowest BCUT2D eigenvalue weighted by molar-refractivity contribution is -0.118. The van der Waals surface area contributed by atoms with Crippen molar-refractivity contribution >= 4 is 46.4 Å². The topological polar surface area (TPSA) is 104 Å². The summed E-state index contributed by atoms with van der Waals surface area (Å²) in [5.74, 6) is -1.49. The van der Waals surface area contributed by atoms with Gasteiger partial charge in [0, 0.05) is 10.7 Å². The fraction of sp³-hybridized carbons (Fsp3) is 0.222. The van der Waals surface area contributed by atoms with Crippen molar-refractivity contribution in [2.75, 3.05) is 11.1 Å². The highest BCUT2D eigenvalue weighted by Crippen LogP contribution is 2.25. The van der Waals surface area contributed by atoms with E-state index in [9.17, 15) is 14.7 Å². The number of phenols is 1. The molecular formula is C18H19Cl2N3O3. The summed E-state index contributed by atoms with van der Waals surface area (Å²) >= 11 is 11.9. The second-order valence-corrected chi connectivity index (χ2v) is 6.93. The van der Waals surface area contributed by atoms with Gasteiger partial charge < -0.3 is 21.5 Å². The Morgan fingerprint density at radius 3 is 2.42 bits per heavy atom. The highest BCUT2D eigenvalue weighted by Gasteiger charge is 2.26. The van der Waals surface area contributed by atoms with Gasteiger partial charge in [0.1, 0.15) is 11.8 Å². The van der Waals surface area contributed by atoms with Crippen LogP contribution in [0.3, 0.4) is 0 Å². The average Bonchev–Trinajstić information content (AvgIpc) is 2.56. The lowest BCUT2D eigenvalue weighted by Crippen LogP contribution is -2.47. The van der Waals surface area contributed by atoms with Gasteiger partial charge in [-0.2, -0.15) is 0 Å². The third kappa shape index (κ3) is 4.80. The monoisotopic (exact) mass is 395 g/mol. The summed E-state index contributed by atoms with van der Waals surface area (Å²) in [7, 11) is 0. The molecule has 0 saturated carbocycles. The Morgan fingerprint density at radius 2 is 1.81 bits per heavy atom. The zero-order valence-corrected chi connectivity index (χ0v) is 15.7. The van der Waals surface area contributed by atoms with Gasteiger partial charge in [0.05, 0.1) is 16.3 Å². The molecule has 0 heterocycles. The second-order valence-electron chi connectivity index (χ2n) is 6.09. The van der Waals surface area contributed by atoms with Crippen LogP contribution in [0.1, 0.15) is 24.2 Å². The number of rotatable bonds is 5. The van der Waals surface area contributed by atoms with Crippen LogP contribution in [-0.4, -0.2) is 23.0 Å². The number of nitrogens with one attached hydrogen (secondary N) is 2. The summed E-state index contributed by atoms with van der Waals surface area (Å²) in [5, 5.41) is 15.7. The third-order valence-corrected chi connectivity index (χ3v) is 4.24. The molecule has 5 N–H and O–H groups in total. The summed E-state index contributed by atoms with van der Waals surface area (Å²) in [5.41, 5.74) is 6.48. The third-order valence-electron chi connectivity index (χ3n) is 3.69. The minimum Gasteiger partial charge on any atom is -0.507 e. The van der Waals surface area contributed by atoms with Crippen LogP contribution in [0.5, 0.6) is 5.75 Å². The van der Waals surface area contributed by atoms with Crippen LogP contribution in [0.4, 0.5) is 11.4 Å². The fourth-order valence-corrected chi connectivity index (χ4v) is 2.70. The van der Waals surface area contributed by atoms with Gasteiger partial charge in [-0.3, -0.25) is 9.59 Å². The molecule has 8 heteroatoms. The van der Waals surface area contributed by atoms with E-state index in [1.165, 1.54) is 24.3 Å². The highest BCUT2D eigenvalue weighted by molar-refractivity contribution is 6.34. The van der Waals surface area contributed by atoms with E-state index in [0.717, 1.165) is 0 Å². The van der Waals surface area contributed by atoms with Crippen molar-refractivity contribution in [3.63, 3.8) is 0 Å². The molecule has 1 atom stereocenters. The predicted octanol–water partition coefficient (Wildman–Crippen LogP) is 3.67. The summed E-state index contributed by atoms with van der Waals surface area (Å²) in [6, 6.07) is 7.96. The first-order valence-corrected chi connectivity index (χ1v) is 8.60. The molecule has 0 radical (unpaired) electrons. The molecule has 0 fully saturated rings. The number of halogens is 2. The normalized spacial score (nSPS) is 11.9. The second kappa shape index (κ2) is 8.29. The van der Waals surface area contributed by atoms with E-state index in [0.29, 0.717) is 21.4 Å². The summed E-state index contributed by atoms with van der Waals surface area (Å²) in [6.45, 7) is 3.57. The molecule has 0 aliphatic heterocycles. The number of hydrogen-bond donors (Lipinski definition) is 4. The molecule has 2 aromatic carbocycles. The van der Waals surface area contributed by atoms with Crippen molar-refractivity contribution < 1.29 is 14.7 Å². The smallest absolute Gasteiger partial charge is 0.255 e. The Morgan fingerprint density at radius 1 is 1.12 bits per heavy atom. The molecule has 2 aromatic rings. The quantitative estimate of drug-likeness (QED) is 0.579. The van der Waals surface area contributed by atoms with Crippen LogP contribution in [0.25, 0.3) is 0 Å². The zero-order valence-electron chi connectivity index (χ0n) is 14.2. The van der Waals surface area contributed by atoms with E-state index in [4.69, 9.17) is 28.9 Å². The molecule has 1 unspecified atom stereocenters. The number of carbonyl (C=O) groups excluding carboxylic acids is 2. The van der Waals surface area contributed by atoms with Crippen molar-refractivity contribution in [3.05, 3.63) is 52.0 Å². The van der Waals surface area contributed by atoms with Crippen molar-refractivity contribution in [1.29, 1.82) is 0 Å². The van der Waals surface area contributed by atoms with E-state index in [1.807, 2.05) is 0 Å². The predicted molar refractivity (Wildman–Crippen MR) is 104 cm³/mol. The molecule has 0 aliphatic rings. The summed E-state index contributed by atoms with van der Waals surface area (Å²) in [4.78, 5) is 25.1. The Balaban J connectivity index is 2.18. The first-order valence-electron chi connectivity index (χ1n) is 7.84. The molecule has 0 spiro atoms. The van der Waals surface area contributed by atoms with Gasteiger partial charge >= 0.3 is 0 Å². The van der Waals surface area contributed by atoms with Crippen molar-refractivity contribution in [2.45, 2.75) is 19.9 Å². The fourth-order valence-electron chi connectivity index (χ4n) is 2.29. The van der Waals surface area contributed by atoms with Gasteiger partial charge in [0.15, 0.2) is 0 Å². The van der Waals surface area contributed by atoms with Gasteiger partial charge in [0.2, 0.25) is 5.91 Å². The largest absolute Gasteiger partial charge is 0.507 e. The SMILES string of the molecule is CC(C)C(NC(=O)c1cc(Cl)ccc1O)C(=O)Nc1ccc(N)cc1Cl. The summed E-state index contributed by atoms with van der Waals surface area (Å²) in [6.07, 6.45) is 0. The van der Waals surface area contributed by atoms with Crippen molar-refractivity contribution in [2.24, 2.45) is 5.92 Å². The van der Waals surface area contributed by atoms with E-state index in [-0.39, 0.29) is 17.2 Å². The Kier molecular flexibility index (Phi) is 6.34. The van der Waals surface area contributed by atoms with Crippen LogP contribution >= 0.6 is 23.2 Å². The standard InChI is InChI=1S/C18H19Cl2N3O3/c1-9(2)16(18(26)22-14-5-4-11(21)8-13(14)20)23-17(25)12-7-10(19)3-6-15(12)24/h3-9,16,24H,21H2,1-2H3,(H,22,26)(H,23,25). The molecule has 0 aliphatic carbocycles. The van der Waals surface area contributed by atoms with Crippen molar-refractivity contribution in [3.8, 4) is 5.75 Å². The molecule has 2 amide bonds. The van der Waals surface area contributed by atoms with Gasteiger partial charge in [-0.25, -0.2) is 0 Å². The molecule has 6 nitrogen and oxygen atoms in total. The number of benzene rings is 2. The van der Waals surface area contributed by atoms with E-state index >= 15 is 0 Å². The molecule has 138 valence electrons. The van der Waals surface area contributed by atoms with Crippen LogP contribution in [0.2, 0.25) is 10.0 Å². The molecule has 0 bridgehead atoms. The first kappa shape index (κ1) is 19.9. The molecular weight excluding hydrogens is 377 g/mol. The number of anilines is 2. The van der Waals surface area contributed by atoms with Gasteiger partial charge in [0.25, 0.3) is 5.91 Å². The number of amides is 2. The van der Waals surface area contributed by atoms with Crippen LogP contribution in [0.15, 0.2) is 36.4 Å². The van der Waals surface area contributed by atoms with Crippen molar-refractivity contribution in [1.82, 2.24) is 5.32 Å². The van der Waals surface area contributed by atoms with E-state index in [2.05, 4.69) is 10.6 Å². The minimum atomic E-state index is -0.852. The number of nitrogens with two attached hydrogens (primary N) is 1. The number of aromatic hydroxyl groups is 1. The van der Waals surface area contributed by atoms with Crippen LogP contribution in [0, 0.1) is 5.92 Å². The first-order chi connectivity index (χ1) is 12.2. The lowest BCUT2D eigenvalue weighted by atomic mass is 10.0. The van der Waals surface area contributed by atoms with E-state index in [1.54, 1.807) is 26.0 Å². The Hall–Kier alpha value is -2.44. The number of carbonyl (C=O) groups is 2.